The first-order chi connectivity index (χ1) is 7.95. The fourth-order valence-corrected chi connectivity index (χ4v) is 1.37. The van der Waals surface area contributed by atoms with E-state index in [1.807, 2.05) is 13.8 Å². The molecular weight excluding hydrogens is 222 g/mol. The number of H-pyrrole nitrogens is 1. The van der Waals surface area contributed by atoms with Gasteiger partial charge in [0.25, 0.3) is 5.91 Å². The molecule has 1 aromatic rings. The van der Waals surface area contributed by atoms with Crippen LogP contribution >= 0.6 is 0 Å². The molecule has 0 spiro atoms. The van der Waals surface area contributed by atoms with E-state index in [-0.39, 0.29) is 11.6 Å². The second-order valence-corrected chi connectivity index (χ2v) is 4.15. The van der Waals surface area contributed by atoms with E-state index in [0.29, 0.717) is 0 Å². The van der Waals surface area contributed by atoms with Gasteiger partial charge in [-0.3, -0.25) is 9.89 Å². The van der Waals surface area contributed by atoms with Crippen molar-refractivity contribution >= 4 is 11.9 Å². The van der Waals surface area contributed by atoms with Gasteiger partial charge in [0.2, 0.25) is 0 Å². The van der Waals surface area contributed by atoms with Crippen LogP contribution in [-0.4, -0.2) is 35.2 Å². The lowest BCUT2D eigenvalue weighted by molar-refractivity contribution is -0.144. The van der Waals surface area contributed by atoms with E-state index in [4.69, 9.17) is 0 Å². The Balaban J connectivity index is 2.74. The summed E-state index contributed by atoms with van der Waals surface area (Å²) in [5.74, 6) is -0.898. The Kier molecular flexibility index (Phi) is 4.25. The second-order valence-electron chi connectivity index (χ2n) is 4.15. The van der Waals surface area contributed by atoms with E-state index in [0.717, 1.165) is 5.69 Å². The minimum Gasteiger partial charge on any atom is -0.467 e. The average molecular weight is 239 g/mol. The molecule has 0 aliphatic rings. The number of carbonyl (C=O) groups excluding carboxylic acids is 2. The van der Waals surface area contributed by atoms with Crippen LogP contribution in [0.3, 0.4) is 0 Å². The molecule has 0 fully saturated rings. The quantitative estimate of drug-likeness (QED) is 0.755. The molecule has 94 valence electrons. The Bertz CT molecular complexity index is 412. The van der Waals surface area contributed by atoms with Crippen molar-refractivity contribution < 1.29 is 14.3 Å². The van der Waals surface area contributed by atoms with Crippen LogP contribution < -0.4 is 5.32 Å². The van der Waals surface area contributed by atoms with Gasteiger partial charge in [-0.2, -0.15) is 5.10 Å². The van der Waals surface area contributed by atoms with Crippen LogP contribution in [0.15, 0.2) is 6.07 Å². The Morgan fingerprint density at radius 1 is 1.47 bits per heavy atom. The van der Waals surface area contributed by atoms with Crippen molar-refractivity contribution in [3.63, 3.8) is 0 Å². The fraction of sp³-hybridized carbons (Fsp3) is 0.545. The summed E-state index contributed by atoms with van der Waals surface area (Å²) in [5, 5.41) is 9.09. The SMILES string of the molecule is COC(=O)C(NC(=O)c1cc(C)[nH]n1)C(C)C. The van der Waals surface area contributed by atoms with Gasteiger partial charge < -0.3 is 10.1 Å². The van der Waals surface area contributed by atoms with Crippen molar-refractivity contribution in [3.8, 4) is 0 Å². The third-order valence-corrected chi connectivity index (χ3v) is 2.35. The molecule has 0 aliphatic heterocycles. The largest absolute Gasteiger partial charge is 0.467 e. The van der Waals surface area contributed by atoms with Crippen molar-refractivity contribution in [3.05, 3.63) is 17.5 Å². The van der Waals surface area contributed by atoms with Crippen molar-refractivity contribution in [2.45, 2.75) is 26.8 Å². The van der Waals surface area contributed by atoms with Gasteiger partial charge in [0.15, 0.2) is 0 Å². The molecule has 6 nitrogen and oxygen atoms in total. The molecule has 0 radical (unpaired) electrons. The topological polar surface area (TPSA) is 84.1 Å². The zero-order chi connectivity index (χ0) is 13.0. The zero-order valence-electron chi connectivity index (χ0n) is 10.4. The summed E-state index contributed by atoms with van der Waals surface area (Å²) in [4.78, 5) is 23.3. The molecule has 1 unspecified atom stereocenters. The molecule has 1 atom stereocenters. The van der Waals surface area contributed by atoms with Crippen molar-refractivity contribution in [1.82, 2.24) is 15.5 Å². The smallest absolute Gasteiger partial charge is 0.328 e. The fourth-order valence-electron chi connectivity index (χ4n) is 1.37. The molecular formula is C11H17N3O3. The maximum absolute atomic E-state index is 11.8. The lowest BCUT2D eigenvalue weighted by Crippen LogP contribution is -2.45. The molecule has 0 saturated heterocycles. The minimum absolute atomic E-state index is 0.0496. The van der Waals surface area contributed by atoms with Gasteiger partial charge in [-0.05, 0) is 18.9 Å². The molecule has 1 amide bonds. The summed E-state index contributed by atoms with van der Waals surface area (Å²) in [7, 11) is 1.29. The normalized spacial score (nSPS) is 12.3. The summed E-state index contributed by atoms with van der Waals surface area (Å²) in [5.41, 5.74) is 1.05. The van der Waals surface area contributed by atoms with Crippen molar-refractivity contribution in [2.75, 3.05) is 7.11 Å². The molecule has 0 bridgehead atoms. The van der Waals surface area contributed by atoms with Crippen LogP contribution in [-0.2, 0) is 9.53 Å². The monoisotopic (exact) mass is 239 g/mol. The van der Waals surface area contributed by atoms with Crippen LogP contribution in [0.4, 0.5) is 0 Å². The number of carbonyl (C=O) groups is 2. The van der Waals surface area contributed by atoms with Crippen LogP contribution in [0.5, 0.6) is 0 Å². The number of hydrogen-bond donors (Lipinski definition) is 2. The molecule has 1 heterocycles. The highest BCUT2D eigenvalue weighted by Crippen LogP contribution is 2.05. The van der Waals surface area contributed by atoms with Gasteiger partial charge in [0.05, 0.1) is 7.11 Å². The van der Waals surface area contributed by atoms with Crippen LogP contribution in [0.1, 0.15) is 30.0 Å². The predicted molar refractivity (Wildman–Crippen MR) is 61.4 cm³/mol. The first-order valence-corrected chi connectivity index (χ1v) is 5.36. The molecule has 0 aliphatic carbocycles. The summed E-state index contributed by atoms with van der Waals surface area (Å²) < 4.78 is 4.63. The van der Waals surface area contributed by atoms with Gasteiger partial charge in [-0.25, -0.2) is 4.79 Å². The van der Waals surface area contributed by atoms with E-state index in [1.54, 1.807) is 13.0 Å². The first kappa shape index (κ1) is 13.2. The number of nitrogens with zero attached hydrogens (tertiary/aromatic N) is 1. The van der Waals surface area contributed by atoms with Gasteiger partial charge in [0.1, 0.15) is 11.7 Å². The number of rotatable bonds is 4. The van der Waals surface area contributed by atoms with Gasteiger partial charge in [-0.15, -0.1) is 0 Å². The summed E-state index contributed by atoms with van der Waals surface area (Å²) in [6.45, 7) is 5.46. The molecule has 17 heavy (non-hydrogen) atoms. The number of esters is 1. The highest BCUT2D eigenvalue weighted by atomic mass is 16.5. The van der Waals surface area contributed by atoms with E-state index in [9.17, 15) is 9.59 Å². The Morgan fingerprint density at radius 2 is 2.12 bits per heavy atom. The van der Waals surface area contributed by atoms with Gasteiger partial charge in [-0.1, -0.05) is 13.8 Å². The number of hydrogen-bond acceptors (Lipinski definition) is 4. The minimum atomic E-state index is -0.662. The molecule has 0 saturated carbocycles. The third kappa shape index (κ3) is 3.30. The third-order valence-electron chi connectivity index (χ3n) is 2.35. The number of amides is 1. The standard InChI is InChI=1S/C11H17N3O3/c1-6(2)9(11(16)17-4)12-10(15)8-5-7(3)13-14-8/h5-6,9H,1-4H3,(H,12,15)(H,13,14). The highest BCUT2D eigenvalue weighted by molar-refractivity contribution is 5.95. The highest BCUT2D eigenvalue weighted by Gasteiger charge is 2.25. The summed E-state index contributed by atoms with van der Waals surface area (Å²) in [6, 6.07) is 0.953. The van der Waals surface area contributed by atoms with E-state index >= 15 is 0 Å². The number of aryl methyl sites for hydroxylation is 1. The summed E-state index contributed by atoms with van der Waals surface area (Å²) in [6.07, 6.45) is 0. The molecule has 1 aromatic heterocycles. The molecule has 6 heteroatoms. The Morgan fingerprint density at radius 3 is 2.53 bits per heavy atom. The van der Waals surface area contributed by atoms with Gasteiger partial charge >= 0.3 is 5.97 Å². The van der Waals surface area contributed by atoms with Crippen molar-refractivity contribution in [2.24, 2.45) is 5.92 Å². The molecule has 0 aromatic carbocycles. The van der Waals surface area contributed by atoms with E-state index in [2.05, 4.69) is 20.3 Å². The van der Waals surface area contributed by atoms with Gasteiger partial charge in [0, 0.05) is 5.69 Å². The average Bonchev–Trinajstić information content (AvgIpc) is 2.71. The van der Waals surface area contributed by atoms with E-state index in [1.165, 1.54) is 7.11 Å². The number of ether oxygens (including phenoxy) is 1. The molecule has 2 N–H and O–H groups in total. The lowest BCUT2D eigenvalue weighted by Gasteiger charge is -2.18. The number of aromatic nitrogens is 2. The lowest BCUT2D eigenvalue weighted by atomic mass is 10.0. The number of methoxy groups -OCH3 is 1. The number of aromatic amines is 1. The van der Waals surface area contributed by atoms with E-state index < -0.39 is 17.9 Å². The summed E-state index contributed by atoms with van der Waals surface area (Å²) >= 11 is 0. The Hall–Kier alpha value is -1.85. The second kappa shape index (κ2) is 5.47. The molecule has 1 rings (SSSR count). The Labute approximate surface area is 99.7 Å². The zero-order valence-corrected chi connectivity index (χ0v) is 10.4. The maximum Gasteiger partial charge on any atom is 0.328 e. The first-order valence-electron chi connectivity index (χ1n) is 5.36. The van der Waals surface area contributed by atoms with Crippen LogP contribution in [0.25, 0.3) is 0 Å². The van der Waals surface area contributed by atoms with Crippen molar-refractivity contribution in [1.29, 1.82) is 0 Å². The van der Waals surface area contributed by atoms with Crippen LogP contribution in [0, 0.1) is 12.8 Å². The predicted octanol–water partition coefficient (Wildman–Crippen LogP) is 0.646. The van der Waals surface area contributed by atoms with Crippen LogP contribution in [0.2, 0.25) is 0 Å². The maximum atomic E-state index is 11.8. The number of nitrogens with one attached hydrogen (secondary N) is 2.